The highest BCUT2D eigenvalue weighted by Crippen LogP contribution is 2.67. The van der Waals surface area contributed by atoms with Gasteiger partial charge in [0.25, 0.3) is 0 Å². The third-order valence-corrected chi connectivity index (χ3v) is 12.4. The van der Waals surface area contributed by atoms with Gasteiger partial charge in [0.15, 0.2) is 11.6 Å². The second kappa shape index (κ2) is 11.7. The normalized spacial score (nSPS) is 29.5. The minimum Gasteiger partial charge on any atom is -0.424 e. The zero-order valence-corrected chi connectivity index (χ0v) is 29.4. The fourth-order valence-electron chi connectivity index (χ4n) is 8.71. The van der Waals surface area contributed by atoms with E-state index >= 15 is 0 Å². The number of nitriles is 1. The molecule has 242 valence electrons. The van der Waals surface area contributed by atoms with Crippen LogP contribution in [0.5, 0.6) is 0 Å². The lowest BCUT2D eigenvalue weighted by Gasteiger charge is -2.61. The van der Waals surface area contributed by atoms with Crippen molar-refractivity contribution in [3.63, 3.8) is 0 Å². The van der Waals surface area contributed by atoms with Gasteiger partial charge in [-0.15, -0.1) is 10.2 Å². The summed E-state index contributed by atoms with van der Waals surface area (Å²) >= 11 is 0. The van der Waals surface area contributed by atoms with Gasteiger partial charge in [-0.25, -0.2) is 0 Å². The second-order valence-electron chi connectivity index (χ2n) is 17.2. The maximum Gasteiger partial charge on any atom is 0.222 e. The molecular formula is C38H57N3O3. The van der Waals surface area contributed by atoms with Gasteiger partial charge in [0.1, 0.15) is 6.07 Å². The number of carbonyl (C=O) groups excluding carboxylic acids is 2. The predicted octanol–water partition coefficient (Wildman–Crippen LogP) is 9.61. The van der Waals surface area contributed by atoms with Crippen molar-refractivity contribution < 1.29 is 14.0 Å². The third-order valence-electron chi connectivity index (χ3n) is 12.4. The molecule has 1 heterocycles. The molecule has 0 radical (unpaired) electrons. The number of aromatic nitrogens is 2. The molecule has 3 aliphatic rings. The van der Waals surface area contributed by atoms with Crippen LogP contribution in [0.4, 0.5) is 0 Å². The van der Waals surface area contributed by atoms with Crippen LogP contribution in [0.3, 0.4) is 0 Å². The van der Waals surface area contributed by atoms with E-state index in [0.29, 0.717) is 5.92 Å². The minimum atomic E-state index is -0.684. The fourth-order valence-corrected chi connectivity index (χ4v) is 8.71. The van der Waals surface area contributed by atoms with Gasteiger partial charge < -0.3 is 4.42 Å². The third kappa shape index (κ3) is 6.14. The van der Waals surface area contributed by atoms with Crippen LogP contribution in [0.2, 0.25) is 0 Å². The summed E-state index contributed by atoms with van der Waals surface area (Å²) in [5, 5.41) is 19.1. The lowest BCUT2D eigenvalue weighted by molar-refractivity contribution is -0.131. The summed E-state index contributed by atoms with van der Waals surface area (Å²) in [6, 6.07) is 2.20. The van der Waals surface area contributed by atoms with Crippen molar-refractivity contribution in [2.75, 3.05) is 0 Å². The average molecular weight is 604 g/mol. The van der Waals surface area contributed by atoms with Crippen molar-refractivity contribution >= 4 is 11.6 Å². The zero-order chi connectivity index (χ0) is 32.9. The lowest BCUT2D eigenvalue weighted by Crippen LogP contribution is -2.55. The molecule has 4 atom stereocenters. The molecule has 0 aromatic carbocycles. The molecule has 0 bridgehead atoms. The Balaban J connectivity index is 1.71. The van der Waals surface area contributed by atoms with Crippen LogP contribution >= 0.6 is 0 Å². The van der Waals surface area contributed by atoms with Crippen LogP contribution in [0, 0.1) is 44.3 Å². The van der Waals surface area contributed by atoms with Gasteiger partial charge in [-0.2, -0.15) is 5.26 Å². The van der Waals surface area contributed by atoms with Crippen molar-refractivity contribution in [1.29, 1.82) is 5.26 Å². The van der Waals surface area contributed by atoms with E-state index in [0.717, 1.165) is 75.1 Å². The molecule has 0 spiro atoms. The standard InChI is InChI=1S/C38H57N3O3/c1-12-16-33(3,4)18-20-36(9,32-41-40-31(44-32)26-13-14-26)21-19-34(5,6)38(11)17-15-28-35(7,8)30(43)27(24-39)23-37(28,10)29(38)22-25(2)42/h22-23,26,28H,12-21H2,1-11H3/b29-22-/t28-,36-,37-,38+/m0/s1. The first-order valence-electron chi connectivity index (χ1n) is 17.0. The smallest absolute Gasteiger partial charge is 0.222 e. The first-order valence-corrected chi connectivity index (χ1v) is 17.0. The molecule has 2 fully saturated rings. The van der Waals surface area contributed by atoms with E-state index in [1.165, 1.54) is 6.42 Å². The highest BCUT2D eigenvalue weighted by Gasteiger charge is 2.61. The molecule has 0 amide bonds. The van der Waals surface area contributed by atoms with Gasteiger partial charge in [-0.3, -0.25) is 9.59 Å². The molecule has 1 aromatic heterocycles. The van der Waals surface area contributed by atoms with Crippen LogP contribution in [-0.2, 0) is 15.0 Å². The summed E-state index contributed by atoms with van der Waals surface area (Å²) in [5.41, 5.74) is -0.535. The molecule has 2 saturated carbocycles. The van der Waals surface area contributed by atoms with Crippen molar-refractivity contribution in [3.05, 3.63) is 35.1 Å². The Hall–Kier alpha value is -2.55. The van der Waals surface area contributed by atoms with Gasteiger partial charge >= 0.3 is 0 Å². The first-order chi connectivity index (χ1) is 20.3. The zero-order valence-electron chi connectivity index (χ0n) is 29.4. The molecule has 6 heteroatoms. The largest absolute Gasteiger partial charge is 0.424 e. The molecule has 0 unspecified atom stereocenters. The van der Waals surface area contributed by atoms with Gasteiger partial charge in [0.05, 0.1) is 5.57 Å². The number of carbonyl (C=O) groups is 2. The number of rotatable bonds is 12. The Labute approximate surface area is 266 Å². The Morgan fingerprint density at radius 2 is 1.66 bits per heavy atom. The van der Waals surface area contributed by atoms with Crippen molar-refractivity contribution in [2.45, 2.75) is 152 Å². The van der Waals surface area contributed by atoms with Crippen LogP contribution in [0.15, 0.2) is 27.7 Å². The average Bonchev–Trinajstić information content (AvgIpc) is 3.66. The van der Waals surface area contributed by atoms with Gasteiger partial charge in [-0.05, 0) is 93.0 Å². The number of hydrogen-bond acceptors (Lipinski definition) is 6. The Kier molecular flexibility index (Phi) is 9.10. The molecule has 0 N–H and O–H groups in total. The topological polar surface area (TPSA) is 96.8 Å². The summed E-state index contributed by atoms with van der Waals surface area (Å²) in [6.07, 6.45) is 13.9. The van der Waals surface area contributed by atoms with Crippen LogP contribution in [0.1, 0.15) is 158 Å². The van der Waals surface area contributed by atoms with E-state index < -0.39 is 10.8 Å². The molecule has 1 aromatic rings. The number of allylic oxidation sites excluding steroid dienone is 4. The van der Waals surface area contributed by atoms with Crippen molar-refractivity contribution in [2.24, 2.45) is 33.0 Å². The van der Waals surface area contributed by atoms with Crippen LogP contribution in [-0.4, -0.2) is 21.8 Å². The van der Waals surface area contributed by atoms with E-state index in [1.54, 1.807) is 6.92 Å². The maximum absolute atomic E-state index is 13.3. The Morgan fingerprint density at radius 1 is 1.02 bits per heavy atom. The highest BCUT2D eigenvalue weighted by atomic mass is 16.4. The number of nitrogens with zero attached hydrogens (tertiary/aromatic N) is 3. The molecule has 4 rings (SSSR count). The van der Waals surface area contributed by atoms with Gasteiger partial charge in [-0.1, -0.05) is 87.3 Å². The Bertz CT molecular complexity index is 1380. The molecule has 0 aliphatic heterocycles. The maximum atomic E-state index is 13.3. The number of fused-ring (bicyclic) bond motifs is 1. The molecular weight excluding hydrogens is 546 g/mol. The number of Topliss-reactive ketones (excluding diaryl/α,β-unsaturated/α-hetero) is 1. The fraction of sp³-hybridized carbons (Fsp3) is 0.763. The summed E-state index contributed by atoms with van der Waals surface area (Å²) in [5.74, 6) is 1.90. The van der Waals surface area contributed by atoms with Crippen molar-refractivity contribution in [3.8, 4) is 6.07 Å². The van der Waals surface area contributed by atoms with Crippen LogP contribution in [0.25, 0.3) is 0 Å². The molecule has 0 saturated heterocycles. The summed E-state index contributed by atoms with van der Waals surface area (Å²) in [6.45, 7) is 24.0. The summed E-state index contributed by atoms with van der Waals surface area (Å²) in [7, 11) is 0. The second-order valence-corrected chi connectivity index (χ2v) is 17.2. The monoisotopic (exact) mass is 603 g/mol. The van der Waals surface area contributed by atoms with E-state index in [-0.39, 0.29) is 44.7 Å². The predicted molar refractivity (Wildman–Crippen MR) is 175 cm³/mol. The number of ketones is 2. The van der Waals surface area contributed by atoms with E-state index in [1.807, 2.05) is 26.0 Å². The number of hydrogen-bond donors (Lipinski definition) is 0. The van der Waals surface area contributed by atoms with E-state index in [2.05, 4.69) is 71.7 Å². The quantitative estimate of drug-likeness (QED) is 0.221. The Morgan fingerprint density at radius 3 is 2.23 bits per heavy atom. The van der Waals surface area contributed by atoms with Crippen LogP contribution < -0.4 is 0 Å². The molecule has 3 aliphatic carbocycles. The van der Waals surface area contributed by atoms with Gasteiger partial charge in [0, 0.05) is 22.2 Å². The first kappa shape index (κ1) is 34.3. The highest BCUT2D eigenvalue weighted by molar-refractivity contribution is 6.04. The lowest BCUT2D eigenvalue weighted by atomic mass is 9.42. The molecule has 6 nitrogen and oxygen atoms in total. The SMILES string of the molecule is CCCC(C)(C)CC[C@@](C)(CCC(C)(C)[C@]1(C)CC[C@H]2C(C)(C)C(=O)C(C#N)=C[C@]2(C)/C1=C/C(C)=O)c1nnc(C2CC2)o1. The summed E-state index contributed by atoms with van der Waals surface area (Å²) < 4.78 is 6.40. The van der Waals surface area contributed by atoms with E-state index in [4.69, 9.17) is 4.42 Å². The van der Waals surface area contributed by atoms with Crippen molar-refractivity contribution in [1.82, 2.24) is 10.2 Å². The summed E-state index contributed by atoms with van der Waals surface area (Å²) in [4.78, 5) is 26.2. The molecule has 44 heavy (non-hydrogen) atoms. The minimum absolute atomic E-state index is 0.00646. The van der Waals surface area contributed by atoms with E-state index in [9.17, 15) is 14.9 Å². The van der Waals surface area contributed by atoms with Gasteiger partial charge in [0.2, 0.25) is 11.8 Å².